The van der Waals surface area contributed by atoms with E-state index in [0.29, 0.717) is 32.7 Å². The molecule has 1 aromatic heterocycles. The summed E-state index contributed by atoms with van der Waals surface area (Å²) in [4.78, 5) is 27.3. The predicted octanol–water partition coefficient (Wildman–Crippen LogP) is 6.29. The first-order chi connectivity index (χ1) is 19.4. The van der Waals surface area contributed by atoms with E-state index in [9.17, 15) is 18.0 Å². The Labute approximate surface area is 236 Å². The van der Waals surface area contributed by atoms with E-state index < -0.39 is 23.9 Å². The third-order valence-corrected chi connectivity index (χ3v) is 7.09. The number of carboxylic acid groups (broad SMARTS) is 1. The second-order valence-electron chi connectivity index (χ2n) is 9.75. The van der Waals surface area contributed by atoms with Crippen LogP contribution in [0.3, 0.4) is 0 Å². The molecule has 7 nitrogen and oxygen atoms in total. The fourth-order valence-electron chi connectivity index (χ4n) is 4.85. The second-order valence-corrected chi connectivity index (χ2v) is 9.75. The van der Waals surface area contributed by atoms with Crippen molar-refractivity contribution in [1.82, 2.24) is 9.88 Å². The van der Waals surface area contributed by atoms with Crippen LogP contribution in [0, 0.1) is 6.92 Å². The summed E-state index contributed by atoms with van der Waals surface area (Å²) in [6.45, 7) is 5.45. The number of aryl methyl sites for hydroxylation is 1. The number of hydrogen-bond acceptors (Lipinski definition) is 5. The average molecular weight is 579 g/mol. The summed E-state index contributed by atoms with van der Waals surface area (Å²) in [6.07, 6.45) is -3.03. The Bertz CT molecular complexity index is 1320. The van der Waals surface area contributed by atoms with E-state index in [2.05, 4.69) is 30.1 Å². The molecule has 0 saturated carbocycles. The van der Waals surface area contributed by atoms with Gasteiger partial charge in [0.05, 0.1) is 18.7 Å². The van der Waals surface area contributed by atoms with Gasteiger partial charge in [-0.25, -0.2) is 9.18 Å². The van der Waals surface area contributed by atoms with Crippen LogP contribution in [0.5, 0.6) is 0 Å². The maximum absolute atomic E-state index is 16.2. The highest BCUT2D eigenvalue weighted by Gasteiger charge is 2.44. The maximum Gasteiger partial charge on any atom is 0.490 e. The molecule has 41 heavy (non-hydrogen) atoms. The number of aliphatic carboxylic acids is 1. The largest absolute Gasteiger partial charge is 0.490 e. The van der Waals surface area contributed by atoms with Gasteiger partial charge in [0.25, 0.3) is 0 Å². The normalized spacial score (nSPS) is 15.6. The molecule has 1 N–H and O–H groups in total. The molecule has 1 amide bonds. The minimum Gasteiger partial charge on any atom is -0.475 e. The number of pyridine rings is 1. The van der Waals surface area contributed by atoms with Gasteiger partial charge in [-0.15, -0.1) is 0 Å². The van der Waals surface area contributed by atoms with Gasteiger partial charge in [-0.1, -0.05) is 49.4 Å². The van der Waals surface area contributed by atoms with Crippen molar-refractivity contribution in [3.63, 3.8) is 0 Å². The van der Waals surface area contributed by atoms with Crippen LogP contribution in [-0.4, -0.2) is 72.1 Å². The van der Waals surface area contributed by atoms with Crippen molar-refractivity contribution in [3.05, 3.63) is 65.9 Å². The summed E-state index contributed by atoms with van der Waals surface area (Å²) in [5.74, 6) is -2.68. The van der Waals surface area contributed by atoms with E-state index in [0.717, 1.165) is 33.2 Å². The van der Waals surface area contributed by atoms with Crippen LogP contribution in [0.2, 0.25) is 0 Å². The first-order valence-corrected chi connectivity index (χ1v) is 13.2. The Morgan fingerprint density at radius 1 is 1.07 bits per heavy atom. The molecule has 0 bridgehead atoms. The molecule has 1 aliphatic heterocycles. The molecular formula is C30H34F4N2O5. The zero-order chi connectivity index (χ0) is 30.2. The van der Waals surface area contributed by atoms with Gasteiger partial charge in [-0.2, -0.15) is 13.2 Å². The van der Waals surface area contributed by atoms with E-state index >= 15 is 4.39 Å². The first kappa shape index (κ1) is 32.0. The first-order valence-electron chi connectivity index (χ1n) is 13.2. The lowest BCUT2D eigenvalue weighted by Gasteiger charge is -2.41. The molecule has 2 heterocycles. The van der Waals surface area contributed by atoms with Crippen LogP contribution >= 0.6 is 0 Å². The van der Waals surface area contributed by atoms with Gasteiger partial charge >= 0.3 is 12.1 Å². The molecule has 1 atom stereocenters. The van der Waals surface area contributed by atoms with E-state index in [1.54, 1.807) is 12.0 Å². The fraction of sp³-hybridized carbons (Fsp3) is 0.433. The Kier molecular flexibility index (Phi) is 10.8. The highest BCUT2D eigenvalue weighted by molar-refractivity contribution is 5.88. The number of likely N-dealkylation sites (tertiary alicyclic amines) is 1. The van der Waals surface area contributed by atoms with Crippen molar-refractivity contribution < 1.29 is 41.7 Å². The maximum atomic E-state index is 16.2. The minimum absolute atomic E-state index is 0.0727. The van der Waals surface area contributed by atoms with E-state index in [4.69, 9.17) is 19.4 Å². The van der Waals surface area contributed by atoms with Crippen molar-refractivity contribution in [3.8, 4) is 11.1 Å². The lowest BCUT2D eigenvalue weighted by Crippen LogP contribution is -2.47. The van der Waals surface area contributed by atoms with Crippen molar-refractivity contribution in [2.24, 2.45) is 0 Å². The lowest BCUT2D eigenvalue weighted by atomic mass is 9.83. The number of aromatic nitrogens is 1. The summed E-state index contributed by atoms with van der Waals surface area (Å²) in [6, 6.07) is 16.2. The minimum atomic E-state index is -5.08. The van der Waals surface area contributed by atoms with Crippen LogP contribution in [0.25, 0.3) is 22.0 Å². The Balaban J connectivity index is 0.000000587. The topological polar surface area (TPSA) is 89.0 Å². The molecule has 1 unspecified atom stereocenters. The number of hydrogen-bond donors (Lipinski definition) is 1. The van der Waals surface area contributed by atoms with Crippen LogP contribution in [0.1, 0.15) is 43.4 Å². The Hall–Kier alpha value is -3.57. The molecule has 2 aromatic carbocycles. The van der Waals surface area contributed by atoms with Gasteiger partial charge in [0.15, 0.2) is 0 Å². The highest BCUT2D eigenvalue weighted by atomic mass is 19.4. The summed E-state index contributed by atoms with van der Waals surface area (Å²) in [7, 11) is 1.61. The number of nitrogens with zero attached hydrogens (tertiary/aromatic N) is 2. The molecule has 11 heteroatoms. The number of piperidine rings is 1. The van der Waals surface area contributed by atoms with Gasteiger partial charge in [-0.05, 0) is 35.2 Å². The van der Waals surface area contributed by atoms with Crippen molar-refractivity contribution in [2.45, 2.75) is 51.1 Å². The number of carbonyl (C=O) groups is 2. The van der Waals surface area contributed by atoms with Crippen LogP contribution in [0.4, 0.5) is 17.6 Å². The molecule has 4 rings (SSSR count). The number of benzene rings is 2. The molecule has 0 aliphatic carbocycles. The molecule has 0 radical (unpaired) electrons. The molecule has 222 valence electrons. The smallest absolute Gasteiger partial charge is 0.475 e. The summed E-state index contributed by atoms with van der Waals surface area (Å²) in [5, 5.41) is 8.24. The van der Waals surface area contributed by atoms with Crippen molar-refractivity contribution in [2.75, 3.05) is 33.4 Å². The van der Waals surface area contributed by atoms with Gasteiger partial charge in [0.1, 0.15) is 11.8 Å². The fourth-order valence-corrected chi connectivity index (χ4v) is 4.85. The molecule has 1 fully saturated rings. The zero-order valence-corrected chi connectivity index (χ0v) is 23.2. The zero-order valence-electron chi connectivity index (χ0n) is 23.2. The molecule has 3 aromatic rings. The molecular weight excluding hydrogens is 544 g/mol. The van der Waals surface area contributed by atoms with Crippen molar-refractivity contribution in [1.29, 1.82) is 0 Å². The van der Waals surface area contributed by atoms with E-state index in [1.807, 2.05) is 43.5 Å². The molecule has 0 spiro atoms. The molecule has 1 aliphatic rings. The number of carboxylic acids is 1. The number of fused-ring (bicyclic) bond motifs is 1. The number of ether oxygens (including phenoxy) is 2. The van der Waals surface area contributed by atoms with Gasteiger partial charge in [0.2, 0.25) is 5.91 Å². The third-order valence-electron chi connectivity index (χ3n) is 7.09. The third kappa shape index (κ3) is 8.01. The van der Waals surface area contributed by atoms with Gasteiger partial charge in [-0.3, -0.25) is 9.78 Å². The summed E-state index contributed by atoms with van der Waals surface area (Å²) < 4.78 is 59.2. The van der Waals surface area contributed by atoms with E-state index in [-0.39, 0.29) is 18.7 Å². The number of methoxy groups -OCH3 is 1. The number of rotatable bonds is 8. The molecule has 1 saturated heterocycles. The van der Waals surface area contributed by atoms with Crippen LogP contribution in [0.15, 0.2) is 54.7 Å². The lowest BCUT2D eigenvalue weighted by molar-refractivity contribution is -0.192. The summed E-state index contributed by atoms with van der Waals surface area (Å²) >= 11 is 0. The van der Waals surface area contributed by atoms with Crippen LogP contribution < -0.4 is 0 Å². The quantitative estimate of drug-likeness (QED) is 0.250. The standard InChI is InChI=1S/C28H33FN2O3.C2HF3O2/c1-4-25(32)31-16-13-28(29,14-17-31)27(34-19-18-33-3)23-9-7-21(8-10-23)24-12-11-22-6-5-15-30-26(22)20(24)2;3-2(4,5)1(6)7/h5-12,15,27H,4,13-14,16-19H2,1-3H3;(H,6,7). The average Bonchev–Trinajstić information content (AvgIpc) is 2.96. The highest BCUT2D eigenvalue weighted by Crippen LogP contribution is 2.42. The van der Waals surface area contributed by atoms with Crippen LogP contribution in [-0.2, 0) is 19.1 Å². The summed E-state index contributed by atoms with van der Waals surface area (Å²) in [5.41, 5.74) is 3.53. The SMILES string of the molecule is CCC(=O)N1CCC(F)(C(OCCOC)c2ccc(-c3ccc4cccnc4c3C)cc2)CC1.O=C(O)C(F)(F)F. The van der Waals surface area contributed by atoms with Gasteiger partial charge in [0, 0.05) is 51.0 Å². The number of amides is 1. The predicted molar refractivity (Wildman–Crippen MR) is 146 cm³/mol. The number of alkyl halides is 4. The number of carbonyl (C=O) groups excluding carboxylic acids is 1. The Morgan fingerprint density at radius 3 is 2.27 bits per heavy atom. The monoisotopic (exact) mass is 578 g/mol. The van der Waals surface area contributed by atoms with Crippen molar-refractivity contribution >= 4 is 22.8 Å². The van der Waals surface area contributed by atoms with Gasteiger partial charge < -0.3 is 19.5 Å². The second kappa shape index (κ2) is 13.9. The number of halogens is 4. The van der Waals surface area contributed by atoms with E-state index in [1.165, 1.54) is 0 Å². The Morgan fingerprint density at radius 2 is 1.71 bits per heavy atom.